The maximum absolute atomic E-state index is 12.8. The van der Waals surface area contributed by atoms with E-state index in [1.54, 1.807) is 21.9 Å². The Morgan fingerprint density at radius 3 is 2.57 bits per heavy atom. The van der Waals surface area contributed by atoms with Crippen molar-refractivity contribution in [2.45, 2.75) is 32.5 Å². The number of fused-ring (bicyclic) bond motifs is 1. The summed E-state index contributed by atoms with van der Waals surface area (Å²) in [6.07, 6.45) is 0.649. The van der Waals surface area contributed by atoms with Crippen molar-refractivity contribution in [2.24, 2.45) is 0 Å². The van der Waals surface area contributed by atoms with E-state index in [0.29, 0.717) is 57.1 Å². The zero-order valence-corrected chi connectivity index (χ0v) is 19.7. The number of carbonyl (C=O) groups is 4. The van der Waals surface area contributed by atoms with Gasteiger partial charge < -0.3 is 24.6 Å². The van der Waals surface area contributed by atoms with Crippen molar-refractivity contribution in [2.75, 3.05) is 26.3 Å². The van der Waals surface area contributed by atoms with Gasteiger partial charge in [-0.3, -0.25) is 19.2 Å². The van der Waals surface area contributed by atoms with Gasteiger partial charge in [-0.2, -0.15) is 0 Å². The van der Waals surface area contributed by atoms with Crippen LogP contribution < -0.4 is 10.1 Å². The summed E-state index contributed by atoms with van der Waals surface area (Å²) in [6.45, 7) is 3.06. The Hall–Kier alpha value is -3.66. The monoisotopic (exact) mass is 477 g/mol. The lowest BCUT2D eigenvalue weighted by Gasteiger charge is -2.26. The minimum atomic E-state index is -0.386. The molecule has 0 aromatic heterocycles. The maximum Gasteiger partial charge on any atom is 0.254 e. The summed E-state index contributed by atoms with van der Waals surface area (Å²) >= 11 is 0. The number of amides is 4. The molecule has 2 heterocycles. The number of nitrogens with one attached hydrogen (secondary N) is 1. The highest BCUT2D eigenvalue weighted by atomic mass is 16.5. The number of benzene rings is 2. The van der Waals surface area contributed by atoms with Crippen molar-refractivity contribution in [3.05, 3.63) is 64.7 Å². The van der Waals surface area contributed by atoms with Crippen molar-refractivity contribution in [3.63, 3.8) is 0 Å². The number of ether oxygens (including phenoxy) is 2. The van der Waals surface area contributed by atoms with Crippen LogP contribution in [0.2, 0.25) is 0 Å². The van der Waals surface area contributed by atoms with E-state index in [9.17, 15) is 19.2 Å². The number of imide groups is 1. The molecule has 2 aliphatic rings. The molecule has 4 amide bonds. The molecule has 9 nitrogen and oxygen atoms in total. The molecule has 0 atom stereocenters. The predicted octanol–water partition coefficient (Wildman–Crippen LogP) is 1.23. The first-order valence-corrected chi connectivity index (χ1v) is 11.7. The standard InChI is InChI=1S/C25H28BN3O6/c26-25(33)27-22(30)5-2-10-29-14-20-19(24(29)32)3-1-4-21(20)35-15-18-8-6-17(7-9-18)13-28-11-12-34-16-23(28)31/h1,3-4,6-9H,2,5,10-16,26H2,(H,27,30,33). The minimum Gasteiger partial charge on any atom is -0.489 e. The summed E-state index contributed by atoms with van der Waals surface area (Å²) in [4.78, 5) is 50.8. The highest BCUT2D eigenvalue weighted by Crippen LogP contribution is 2.31. The lowest BCUT2D eigenvalue weighted by atomic mass is 10.1. The molecule has 0 aliphatic carbocycles. The van der Waals surface area contributed by atoms with Crippen LogP contribution in [0.25, 0.3) is 0 Å². The molecule has 0 bridgehead atoms. The van der Waals surface area contributed by atoms with Crippen LogP contribution in [-0.2, 0) is 34.0 Å². The molecule has 0 radical (unpaired) electrons. The quantitative estimate of drug-likeness (QED) is 0.545. The van der Waals surface area contributed by atoms with E-state index >= 15 is 0 Å². The Labute approximate surface area is 204 Å². The van der Waals surface area contributed by atoms with Crippen LogP contribution in [0.1, 0.15) is 39.9 Å². The summed E-state index contributed by atoms with van der Waals surface area (Å²) in [7, 11) is 1.29. The summed E-state index contributed by atoms with van der Waals surface area (Å²) in [5.41, 5.74) is 3.48. The van der Waals surface area contributed by atoms with Crippen LogP contribution in [-0.4, -0.2) is 67.5 Å². The zero-order valence-electron chi connectivity index (χ0n) is 19.7. The molecule has 0 unspecified atom stereocenters. The summed E-state index contributed by atoms with van der Waals surface area (Å²) in [5.74, 6) is -0.142. The molecule has 0 saturated carbocycles. The van der Waals surface area contributed by atoms with Gasteiger partial charge in [0.2, 0.25) is 19.7 Å². The van der Waals surface area contributed by atoms with Gasteiger partial charge in [0.1, 0.15) is 19.0 Å². The summed E-state index contributed by atoms with van der Waals surface area (Å²) in [6, 6.07) is 13.4. The van der Waals surface area contributed by atoms with E-state index in [1.165, 1.54) is 7.85 Å². The number of hydrogen-bond donors (Lipinski definition) is 1. The van der Waals surface area contributed by atoms with Crippen LogP contribution in [0.3, 0.4) is 0 Å². The predicted molar refractivity (Wildman–Crippen MR) is 130 cm³/mol. The molecule has 35 heavy (non-hydrogen) atoms. The number of hydrogen-bond acceptors (Lipinski definition) is 6. The van der Waals surface area contributed by atoms with Crippen LogP contribution in [0.15, 0.2) is 42.5 Å². The third-order valence-corrected chi connectivity index (χ3v) is 6.02. The summed E-state index contributed by atoms with van der Waals surface area (Å²) < 4.78 is 11.2. The third kappa shape index (κ3) is 6.27. The first kappa shape index (κ1) is 24.5. The molecule has 4 rings (SSSR count). The van der Waals surface area contributed by atoms with Gasteiger partial charge in [0.15, 0.2) is 5.81 Å². The van der Waals surface area contributed by atoms with Crippen molar-refractivity contribution in [1.82, 2.24) is 15.1 Å². The van der Waals surface area contributed by atoms with E-state index in [0.717, 1.165) is 16.7 Å². The Balaban J connectivity index is 1.31. The largest absolute Gasteiger partial charge is 0.489 e. The average Bonchev–Trinajstić information content (AvgIpc) is 3.16. The number of morpholine rings is 1. The van der Waals surface area contributed by atoms with Gasteiger partial charge in [0.05, 0.1) is 13.2 Å². The second-order valence-electron chi connectivity index (χ2n) is 8.69. The highest BCUT2D eigenvalue weighted by molar-refractivity contribution is 6.58. The molecule has 1 fully saturated rings. The van der Waals surface area contributed by atoms with Crippen LogP contribution in [0.5, 0.6) is 5.75 Å². The molecule has 2 aromatic carbocycles. The molecule has 0 spiro atoms. The van der Waals surface area contributed by atoms with Gasteiger partial charge in [-0.15, -0.1) is 0 Å². The van der Waals surface area contributed by atoms with Gasteiger partial charge >= 0.3 is 0 Å². The smallest absolute Gasteiger partial charge is 0.254 e. The number of rotatable bonds is 9. The highest BCUT2D eigenvalue weighted by Gasteiger charge is 2.29. The van der Waals surface area contributed by atoms with Crippen LogP contribution in [0.4, 0.5) is 4.79 Å². The molecule has 1 saturated heterocycles. The molecule has 2 aliphatic heterocycles. The topological polar surface area (TPSA) is 105 Å². The van der Waals surface area contributed by atoms with Crippen molar-refractivity contribution < 1.29 is 28.7 Å². The van der Waals surface area contributed by atoms with Gasteiger partial charge in [0, 0.05) is 37.2 Å². The lowest BCUT2D eigenvalue weighted by Crippen LogP contribution is -2.40. The lowest BCUT2D eigenvalue weighted by molar-refractivity contribution is -0.143. The first-order valence-electron chi connectivity index (χ1n) is 11.7. The Bertz CT molecular complexity index is 1120. The van der Waals surface area contributed by atoms with E-state index in [1.807, 2.05) is 30.3 Å². The molecular weight excluding hydrogens is 449 g/mol. The minimum absolute atomic E-state index is 0.00418. The molecular formula is C25H28BN3O6. The fraction of sp³-hybridized carbons (Fsp3) is 0.360. The van der Waals surface area contributed by atoms with E-state index < -0.39 is 0 Å². The average molecular weight is 477 g/mol. The molecule has 2 aromatic rings. The Morgan fingerprint density at radius 1 is 1.06 bits per heavy atom. The second-order valence-corrected chi connectivity index (χ2v) is 8.69. The normalized spacial score (nSPS) is 15.2. The molecule has 10 heteroatoms. The Kier molecular flexibility index (Phi) is 7.82. The molecule has 1 N–H and O–H groups in total. The fourth-order valence-corrected chi connectivity index (χ4v) is 4.21. The number of nitrogens with zero attached hydrogens (tertiary/aromatic N) is 2. The van der Waals surface area contributed by atoms with Gasteiger partial charge in [-0.1, -0.05) is 30.3 Å². The second kappa shape index (κ2) is 11.2. The maximum atomic E-state index is 12.8. The first-order chi connectivity index (χ1) is 16.9. The van der Waals surface area contributed by atoms with Crippen molar-refractivity contribution in [3.8, 4) is 5.75 Å². The van der Waals surface area contributed by atoms with Crippen LogP contribution in [0, 0.1) is 0 Å². The van der Waals surface area contributed by atoms with E-state index in [2.05, 4.69) is 5.32 Å². The van der Waals surface area contributed by atoms with Crippen molar-refractivity contribution >= 4 is 31.4 Å². The van der Waals surface area contributed by atoms with Gasteiger partial charge in [-0.05, 0) is 29.7 Å². The van der Waals surface area contributed by atoms with E-state index in [-0.39, 0.29) is 36.6 Å². The number of carbonyl (C=O) groups excluding carboxylic acids is 4. The zero-order chi connectivity index (χ0) is 24.8. The third-order valence-electron chi connectivity index (χ3n) is 6.02. The summed E-state index contributed by atoms with van der Waals surface area (Å²) in [5, 5.41) is 2.24. The molecule has 182 valence electrons. The van der Waals surface area contributed by atoms with E-state index in [4.69, 9.17) is 9.47 Å². The van der Waals surface area contributed by atoms with Crippen molar-refractivity contribution in [1.29, 1.82) is 0 Å². The van der Waals surface area contributed by atoms with Gasteiger partial charge in [0.25, 0.3) is 5.91 Å². The fourth-order valence-electron chi connectivity index (χ4n) is 4.21. The SMILES string of the molecule is BC(=O)NC(=O)CCCN1Cc2c(OCc3ccc(CN4CCOCC4=O)cc3)cccc2C1=O. The van der Waals surface area contributed by atoms with Crippen LogP contribution >= 0.6 is 0 Å². The van der Waals surface area contributed by atoms with Gasteiger partial charge in [-0.25, -0.2) is 0 Å². The Morgan fingerprint density at radius 2 is 1.83 bits per heavy atom.